The summed E-state index contributed by atoms with van der Waals surface area (Å²) >= 11 is 4.76. The molecule has 0 aliphatic rings. The molecule has 0 radical (unpaired) electrons. The number of thiazole rings is 2. The number of hydrogen-bond donors (Lipinski definition) is 0. The van der Waals surface area contributed by atoms with Crippen LogP contribution in [0.3, 0.4) is 0 Å². The Morgan fingerprint density at radius 2 is 2.16 bits per heavy atom. The van der Waals surface area contributed by atoms with Crippen LogP contribution in [0.2, 0.25) is 0 Å². The maximum atomic E-state index is 4.72. The van der Waals surface area contributed by atoms with Gasteiger partial charge in [-0.1, -0.05) is 0 Å². The lowest BCUT2D eigenvalue weighted by Crippen LogP contribution is -1.85. The molecule has 0 amide bonds. The van der Waals surface area contributed by atoms with Crippen LogP contribution in [0.25, 0.3) is 26.2 Å². The van der Waals surface area contributed by atoms with Gasteiger partial charge in [0.1, 0.15) is 10.7 Å². The summed E-state index contributed by atoms with van der Waals surface area (Å²) in [5.74, 6) is 0. The first-order valence-electron chi connectivity index (χ1n) is 5.62. The van der Waals surface area contributed by atoms with Crippen molar-refractivity contribution in [2.45, 2.75) is 6.92 Å². The maximum Gasteiger partial charge on any atom is 0.194 e. The average Bonchev–Trinajstić information content (AvgIpc) is 3.11. The molecule has 4 heterocycles. The molecule has 94 valence electrons. The van der Waals surface area contributed by atoms with Gasteiger partial charge in [-0.05, 0) is 24.5 Å². The van der Waals surface area contributed by atoms with Gasteiger partial charge in [0.05, 0.1) is 16.3 Å². The van der Waals surface area contributed by atoms with E-state index < -0.39 is 0 Å². The minimum Gasteiger partial charge on any atom is -0.288 e. The van der Waals surface area contributed by atoms with Crippen molar-refractivity contribution >= 4 is 39.2 Å². The number of imidazole rings is 1. The van der Waals surface area contributed by atoms with Crippen LogP contribution >= 0.6 is 34.2 Å². The Bertz CT molecular complexity index is 838. The van der Waals surface area contributed by atoms with Crippen LogP contribution in [-0.2, 0) is 0 Å². The summed E-state index contributed by atoms with van der Waals surface area (Å²) in [6, 6.07) is 1.99. The fourth-order valence-electron chi connectivity index (χ4n) is 2.00. The summed E-state index contributed by atoms with van der Waals surface area (Å²) in [4.78, 5) is 11.4. The zero-order chi connectivity index (χ0) is 12.8. The fraction of sp³-hybridized carbons (Fsp3) is 0.0833. The number of rotatable bonds is 2. The molecule has 0 fully saturated rings. The van der Waals surface area contributed by atoms with Crippen molar-refractivity contribution in [3.05, 3.63) is 34.9 Å². The monoisotopic (exact) mass is 304 g/mol. The molecule has 0 saturated carbocycles. The van der Waals surface area contributed by atoms with Crippen LogP contribution in [-0.4, -0.2) is 18.7 Å². The quantitative estimate of drug-likeness (QED) is 0.563. The van der Waals surface area contributed by atoms with Gasteiger partial charge in [-0.3, -0.25) is 4.40 Å². The van der Waals surface area contributed by atoms with Crippen molar-refractivity contribution in [1.82, 2.24) is 18.7 Å². The first-order chi connectivity index (χ1) is 9.33. The molecule has 4 aromatic heterocycles. The lowest BCUT2D eigenvalue weighted by molar-refractivity contribution is 1.21. The lowest BCUT2D eigenvalue weighted by Gasteiger charge is -1.95. The summed E-state index contributed by atoms with van der Waals surface area (Å²) in [6.07, 6.45) is 3.85. The van der Waals surface area contributed by atoms with Crippen molar-refractivity contribution in [3.8, 4) is 21.3 Å². The van der Waals surface area contributed by atoms with Crippen LogP contribution in [0.4, 0.5) is 0 Å². The van der Waals surface area contributed by atoms with Crippen molar-refractivity contribution in [1.29, 1.82) is 0 Å². The molecule has 0 N–H and O–H groups in total. The highest BCUT2D eigenvalue weighted by Crippen LogP contribution is 2.33. The van der Waals surface area contributed by atoms with Crippen molar-refractivity contribution in [2.75, 3.05) is 0 Å². The third-order valence-corrected chi connectivity index (χ3v) is 5.21. The van der Waals surface area contributed by atoms with E-state index in [2.05, 4.69) is 19.1 Å². The molecule has 0 aliphatic heterocycles. The number of nitrogens with zero attached hydrogens (tertiary/aromatic N) is 4. The zero-order valence-electron chi connectivity index (χ0n) is 9.90. The molecule has 4 aromatic rings. The molecular weight excluding hydrogens is 296 g/mol. The third kappa shape index (κ3) is 1.73. The Morgan fingerprint density at radius 1 is 1.21 bits per heavy atom. The van der Waals surface area contributed by atoms with Crippen LogP contribution in [0.1, 0.15) is 5.69 Å². The van der Waals surface area contributed by atoms with Gasteiger partial charge in [0.25, 0.3) is 0 Å². The van der Waals surface area contributed by atoms with Gasteiger partial charge in [-0.25, -0.2) is 14.3 Å². The Morgan fingerprint density at radius 3 is 3.00 bits per heavy atom. The van der Waals surface area contributed by atoms with Gasteiger partial charge in [-0.2, -0.15) is 0 Å². The van der Waals surface area contributed by atoms with Gasteiger partial charge in [0, 0.05) is 23.2 Å². The molecule has 0 aliphatic carbocycles. The van der Waals surface area contributed by atoms with E-state index in [1.165, 1.54) is 11.5 Å². The predicted molar refractivity (Wildman–Crippen MR) is 80.0 cm³/mol. The predicted octanol–water partition coefficient (Wildman–Crippen LogP) is 3.95. The first kappa shape index (κ1) is 11.3. The van der Waals surface area contributed by atoms with Gasteiger partial charge in [0.15, 0.2) is 4.96 Å². The zero-order valence-corrected chi connectivity index (χ0v) is 12.3. The number of aryl methyl sites for hydroxylation is 1. The second-order valence-electron chi connectivity index (χ2n) is 4.02. The van der Waals surface area contributed by atoms with E-state index in [-0.39, 0.29) is 0 Å². The second kappa shape index (κ2) is 4.22. The number of hydrogen-bond acceptors (Lipinski definition) is 6. The SMILES string of the molecule is Cc1nc2sccn2c1-c1nc(-c2ccns2)cs1. The molecule has 0 bridgehead atoms. The van der Waals surface area contributed by atoms with Crippen LogP contribution in [0, 0.1) is 6.92 Å². The third-order valence-electron chi connectivity index (χ3n) is 2.83. The molecule has 4 nitrogen and oxygen atoms in total. The summed E-state index contributed by atoms with van der Waals surface area (Å²) in [5, 5.41) is 5.13. The summed E-state index contributed by atoms with van der Waals surface area (Å²) in [6.45, 7) is 2.03. The van der Waals surface area contributed by atoms with Crippen molar-refractivity contribution in [3.63, 3.8) is 0 Å². The second-order valence-corrected chi connectivity index (χ2v) is 6.58. The van der Waals surface area contributed by atoms with Crippen molar-refractivity contribution < 1.29 is 0 Å². The van der Waals surface area contributed by atoms with Crippen molar-refractivity contribution in [2.24, 2.45) is 0 Å². The van der Waals surface area contributed by atoms with Gasteiger partial charge >= 0.3 is 0 Å². The van der Waals surface area contributed by atoms with Crippen LogP contribution in [0.5, 0.6) is 0 Å². The van der Waals surface area contributed by atoms with E-state index in [0.717, 1.165) is 31.9 Å². The highest BCUT2D eigenvalue weighted by atomic mass is 32.1. The highest BCUT2D eigenvalue weighted by Gasteiger charge is 2.16. The van der Waals surface area contributed by atoms with E-state index in [9.17, 15) is 0 Å². The number of aromatic nitrogens is 4. The summed E-state index contributed by atoms with van der Waals surface area (Å²) in [5.41, 5.74) is 3.11. The van der Waals surface area contributed by atoms with Gasteiger partial charge < -0.3 is 0 Å². The summed E-state index contributed by atoms with van der Waals surface area (Å²) < 4.78 is 6.23. The smallest absolute Gasteiger partial charge is 0.194 e. The average molecular weight is 304 g/mol. The topological polar surface area (TPSA) is 43.1 Å². The largest absolute Gasteiger partial charge is 0.288 e. The molecule has 4 rings (SSSR count). The molecule has 0 saturated heterocycles. The fourth-order valence-corrected chi connectivity index (χ4v) is 4.30. The maximum absolute atomic E-state index is 4.72. The standard InChI is InChI=1S/C12H8N4S3/c1-7-10(16-4-5-17-12(16)14-7)11-15-8(6-18-11)9-2-3-13-19-9/h2-6H,1H3. The first-order valence-corrected chi connectivity index (χ1v) is 8.15. The molecule has 0 spiro atoms. The summed E-state index contributed by atoms with van der Waals surface area (Å²) in [7, 11) is 0. The minimum absolute atomic E-state index is 0.993. The molecule has 0 atom stereocenters. The molecule has 0 unspecified atom stereocenters. The Labute approximate surface area is 121 Å². The van der Waals surface area contributed by atoms with Gasteiger partial charge in [0.2, 0.25) is 0 Å². The molecule has 0 aromatic carbocycles. The lowest BCUT2D eigenvalue weighted by atomic mass is 10.3. The Kier molecular flexibility index (Phi) is 2.51. The van der Waals surface area contributed by atoms with E-state index in [0.29, 0.717) is 0 Å². The normalized spacial score (nSPS) is 11.4. The molecule has 7 heteroatoms. The van der Waals surface area contributed by atoms with E-state index in [4.69, 9.17) is 4.98 Å². The van der Waals surface area contributed by atoms with Crippen LogP contribution < -0.4 is 0 Å². The number of fused-ring (bicyclic) bond motifs is 1. The van der Waals surface area contributed by atoms with E-state index in [1.54, 1.807) is 28.9 Å². The van der Waals surface area contributed by atoms with E-state index in [1.807, 2.05) is 24.6 Å². The Hall–Kier alpha value is -1.57. The minimum atomic E-state index is 0.993. The Balaban J connectivity index is 1.89. The van der Waals surface area contributed by atoms with E-state index >= 15 is 0 Å². The highest BCUT2D eigenvalue weighted by molar-refractivity contribution is 7.15. The van der Waals surface area contributed by atoms with Gasteiger partial charge in [-0.15, -0.1) is 22.7 Å². The van der Waals surface area contributed by atoms with Crippen LogP contribution in [0.15, 0.2) is 29.2 Å². The molecular formula is C12H8N4S3. The molecule has 19 heavy (non-hydrogen) atoms.